The average molecular weight is 475 g/mol. The van der Waals surface area contributed by atoms with Gasteiger partial charge in [-0.1, -0.05) is 66.7 Å². The van der Waals surface area contributed by atoms with Gasteiger partial charge in [-0.25, -0.2) is 13.4 Å². The van der Waals surface area contributed by atoms with Gasteiger partial charge in [0.2, 0.25) is 5.91 Å². The number of fused-ring (bicyclic) bond motifs is 1. The number of aliphatic imine (C=N–C) groups is 1. The van der Waals surface area contributed by atoms with E-state index in [-0.39, 0.29) is 23.2 Å². The van der Waals surface area contributed by atoms with E-state index in [1.165, 1.54) is 17.4 Å². The number of aromatic nitrogens is 1. The van der Waals surface area contributed by atoms with Crippen LogP contribution in [0.1, 0.15) is 5.56 Å². The molecule has 164 valence electrons. The van der Waals surface area contributed by atoms with Gasteiger partial charge in [-0.2, -0.15) is 0 Å². The summed E-state index contributed by atoms with van der Waals surface area (Å²) in [5.41, 5.74) is 4.43. The normalized spacial score (nSPS) is 15.1. The second kappa shape index (κ2) is 8.61. The summed E-state index contributed by atoms with van der Waals surface area (Å²) < 4.78 is 26.7. The summed E-state index contributed by atoms with van der Waals surface area (Å²) in [5, 5.41) is 5.05. The minimum atomic E-state index is -3.63. The quantitative estimate of drug-likeness (QED) is 0.454. The Hall–Kier alpha value is -3.82. The van der Waals surface area contributed by atoms with Crippen molar-refractivity contribution in [2.75, 3.05) is 11.9 Å². The highest BCUT2D eigenvalue weighted by molar-refractivity contribution is 7.90. The summed E-state index contributed by atoms with van der Waals surface area (Å²) in [6, 6.07) is 24.7. The molecule has 3 aromatic carbocycles. The Morgan fingerprint density at radius 3 is 2.36 bits per heavy atom. The van der Waals surface area contributed by atoms with E-state index in [1.807, 2.05) is 47.8 Å². The van der Waals surface area contributed by atoms with E-state index >= 15 is 0 Å². The molecule has 0 fully saturated rings. The maximum absolute atomic E-state index is 12.4. The predicted molar refractivity (Wildman–Crippen MR) is 130 cm³/mol. The molecule has 5 rings (SSSR count). The third-order valence-corrected chi connectivity index (χ3v) is 7.24. The minimum absolute atomic E-state index is 0.159. The zero-order valence-corrected chi connectivity index (χ0v) is 18.9. The maximum atomic E-state index is 12.4. The van der Waals surface area contributed by atoms with Crippen LogP contribution in [0.25, 0.3) is 22.4 Å². The number of amidine groups is 1. The number of sulfonamides is 1. The Balaban J connectivity index is 1.25. The molecule has 0 bridgehead atoms. The third kappa shape index (κ3) is 4.41. The minimum Gasteiger partial charge on any atom is -0.300 e. The summed E-state index contributed by atoms with van der Waals surface area (Å²) >= 11 is 1.32. The predicted octanol–water partition coefficient (Wildman–Crippen LogP) is 4.15. The molecule has 0 radical (unpaired) electrons. The molecule has 0 saturated carbocycles. The van der Waals surface area contributed by atoms with Crippen molar-refractivity contribution in [2.24, 2.45) is 4.99 Å². The molecule has 1 aliphatic rings. The van der Waals surface area contributed by atoms with E-state index in [9.17, 15) is 13.2 Å². The first-order valence-electron chi connectivity index (χ1n) is 10.1. The lowest BCUT2D eigenvalue weighted by Gasteiger charge is -2.03. The van der Waals surface area contributed by atoms with Crippen molar-refractivity contribution in [1.29, 1.82) is 0 Å². The number of carbonyl (C=O) groups excluding carboxylic acids is 1. The molecule has 0 spiro atoms. The summed E-state index contributed by atoms with van der Waals surface area (Å²) in [6.07, 6.45) is 0. The Kier molecular flexibility index (Phi) is 5.49. The van der Waals surface area contributed by atoms with Crippen LogP contribution in [0.3, 0.4) is 0 Å². The summed E-state index contributed by atoms with van der Waals surface area (Å²) in [5.74, 6) is -0.217. The first kappa shape index (κ1) is 21.0. The molecule has 2 N–H and O–H groups in total. The van der Waals surface area contributed by atoms with Crippen molar-refractivity contribution < 1.29 is 13.2 Å². The van der Waals surface area contributed by atoms with Gasteiger partial charge < -0.3 is 5.32 Å². The van der Waals surface area contributed by atoms with Crippen LogP contribution in [0.5, 0.6) is 0 Å². The van der Waals surface area contributed by atoms with Gasteiger partial charge in [-0.3, -0.25) is 14.5 Å². The van der Waals surface area contributed by atoms with E-state index in [1.54, 1.807) is 18.2 Å². The van der Waals surface area contributed by atoms with Gasteiger partial charge >= 0.3 is 0 Å². The second-order valence-corrected chi connectivity index (χ2v) is 9.80. The number of nitrogens with one attached hydrogen (secondary N) is 2. The van der Waals surface area contributed by atoms with Crippen LogP contribution < -0.4 is 10.0 Å². The number of nitrogens with zero attached hydrogens (tertiary/aromatic N) is 2. The molecule has 0 unspecified atom stereocenters. The first-order valence-corrected chi connectivity index (χ1v) is 12.4. The number of benzene rings is 3. The van der Waals surface area contributed by atoms with Crippen molar-refractivity contribution >= 4 is 38.2 Å². The van der Waals surface area contributed by atoms with Crippen molar-refractivity contribution in [3.8, 4) is 22.4 Å². The smallest absolute Gasteiger partial charge is 0.263 e. The van der Waals surface area contributed by atoms with Crippen LogP contribution in [0.4, 0.5) is 5.13 Å². The standard InChI is InChI=1S/C24H18N4O3S2/c29-22(14-25-23-19-8-4-5-9-21(19)33(30,31)28-23)27-24-26-20(15-32-24)18-12-10-17(11-13-18)16-6-2-1-3-7-16/h1-13,15H,14H2,(H,25,28)(H,26,27,29). The molecule has 7 nitrogen and oxygen atoms in total. The molecule has 33 heavy (non-hydrogen) atoms. The number of carbonyl (C=O) groups is 1. The van der Waals surface area contributed by atoms with E-state index < -0.39 is 10.0 Å². The Morgan fingerprint density at radius 2 is 1.58 bits per heavy atom. The van der Waals surface area contributed by atoms with Crippen molar-refractivity contribution in [3.63, 3.8) is 0 Å². The number of thiazole rings is 1. The molecule has 2 heterocycles. The SMILES string of the molecule is O=C(CN=C1NS(=O)(=O)c2ccccc21)Nc1nc(-c2ccc(-c3ccccc3)cc2)cs1. The fraction of sp³-hybridized carbons (Fsp3) is 0.0417. The fourth-order valence-corrected chi connectivity index (χ4v) is 5.48. The fourth-order valence-electron chi connectivity index (χ4n) is 3.49. The number of hydrogen-bond acceptors (Lipinski definition) is 6. The lowest BCUT2D eigenvalue weighted by molar-refractivity contribution is -0.114. The van der Waals surface area contributed by atoms with E-state index in [0.29, 0.717) is 10.7 Å². The van der Waals surface area contributed by atoms with Crippen LogP contribution in [0, 0.1) is 0 Å². The summed E-state index contributed by atoms with van der Waals surface area (Å²) in [6.45, 7) is -0.229. The molecule has 9 heteroatoms. The third-order valence-electron chi connectivity index (χ3n) is 5.08. The Morgan fingerprint density at radius 1 is 0.909 bits per heavy atom. The molecule has 1 amide bonds. The van der Waals surface area contributed by atoms with E-state index in [2.05, 4.69) is 32.1 Å². The second-order valence-electron chi connectivity index (χ2n) is 7.30. The highest BCUT2D eigenvalue weighted by atomic mass is 32.2. The zero-order valence-electron chi connectivity index (χ0n) is 17.2. The zero-order chi connectivity index (χ0) is 22.8. The average Bonchev–Trinajstić information content (AvgIpc) is 3.40. The largest absolute Gasteiger partial charge is 0.300 e. The first-order chi connectivity index (χ1) is 16.0. The van der Waals surface area contributed by atoms with Crippen molar-refractivity contribution in [2.45, 2.75) is 4.90 Å². The number of amides is 1. The van der Waals surface area contributed by atoms with Gasteiger partial charge in [-0.05, 0) is 23.3 Å². The maximum Gasteiger partial charge on any atom is 0.263 e. The van der Waals surface area contributed by atoms with Gasteiger partial charge in [0.15, 0.2) is 5.13 Å². The molecule has 0 atom stereocenters. The lowest BCUT2D eigenvalue weighted by atomic mass is 10.0. The lowest BCUT2D eigenvalue weighted by Crippen LogP contribution is -2.24. The van der Waals surface area contributed by atoms with Crippen LogP contribution in [-0.4, -0.2) is 31.7 Å². The molecule has 1 aliphatic heterocycles. The molecular weight excluding hydrogens is 456 g/mol. The van der Waals surface area contributed by atoms with E-state index in [0.717, 1.165) is 22.4 Å². The Labute approximate surface area is 194 Å². The topological polar surface area (TPSA) is 101 Å². The van der Waals surface area contributed by atoms with Crippen molar-refractivity contribution in [1.82, 2.24) is 9.71 Å². The van der Waals surface area contributed by atoms with Crippen LogP contribution >= 0.6 is 11.3 Å². The van der Waals surface area contributed by atoms with E-state index in [4.69, 9.17) is 0 Å². The molecule has 4 aromatic rings. The molecular formula is C24H18N4O3S2. The molecule has 0 saturated heterocycles. The highest BCUT2D eigenvalue weighted by Crippen LogP contribution is 2.28. The number of anilines is 1. The highest BCUT2D eigenvalue weighted by Gasteiger charge is 2.30. The van der Waals surface area contributed by atoms with Gasteiger partial charge in [0.25, 0.3) is 10.0 Å². The summed E-state index contributed by atoms with van der Waals surface area (Å²) in [4.78, 5) is 21.2. The van der Waals surface area contributed by atoms with Gasteiger partial charge in [-0.15, -0.1) is 11.3 Å². The number of hydrogen-bond donors (Lipinski definition) is 2. The molecule has 0 aliphatic carbocycles. The van der Waals surface area contributed by atoms with Gasteiger partial charge in [0.05, 0.1) is 10.6 Å². The summed E-state index contributed by atoms with van der Waals surface area (Å²) in [7, 11) is -3.63. The van der Waals surface area contributed by atoms with Crippen LogP contribution in [0.2, 0.25) is 0 Å². The molecule has 1 aromatic heterocycles. The van der Waals surface area contributed by atoms with Crippen molar-refractivity contribution in [3.05, 3.63) is 89.8 Å². The van der Waals surface area contributed by atoms with Crippen LogP contribution in [-0.2, 0) is 14.8 Å². The van der Waals surface area contributed by atoms with Gasteiger partial charge in [0.1, 0.15) is 12.4 Å². The Bertz CT molecular complexity index is 1460. The van der Waals surface area contributed by atoms with Gasteiger partial charge in [0, 0.05) is 16.5 Å². The number of rotatable bonds is 5. The monoisotopic (exact) mass is 474 g/mol. The van der Waals surface area contributed by atoms with Crippen LogP contribution in [0.15, 0.2) is 94.1 Å².